The van der Waals surface area contributed by atoms with Crippen LogP contribution in [0.3, 0.4) is 0 Å². The normalized spacial score (nSPS) is 11.8. The zero-order chi connectivity index (χ0) is 13.8. The smallest absolute Gasteiger partial charge is 0.211 e. The molecule has 0 saturated carbocycles. The van der Waals surface area contributed by atoms with E-state index in [4.69, 9.17) is 0 Å². The molecule has 0 fully saturated rings. The lowest BCUT2D eigenvalue weighted by atomic mass is 10.1. The standard InChI is InChI=1S/C12H17FINO2S/c1-9-7-11(13)8-10(2)12(9)18(16,17)15-6-4-3-5-14/h7-8,15H,3-6H2,1-2H3. The first-order chi connectivity index (χ1) is 8.38. The summed E-state index contributed by atoms with van der Waals surface area (Å²) in [6, 6.07) is 2.48. The van der Waals surface area contributed by atoms with Crippen molar-refractivity contribution in [2.24, 2.45) is 0 Å². The number of hydrogen-bond acceptors (Lipinski definition) is 2. The van der Waals surface area contributed by atoms with Gasteiger partial charge >= 0.3 is 0 Å². The van der Waals surface area contributed by atoms with Crippen LogP contribution in [0.25, 0.3) is 0 Å². The molecule has 0 aliphatic heterocycles. The Morgan fingerprint density at radius 3 is 2.28 bits per heavy atom. The minimum absolute atomic E-state index is 0.193. The Labute approximate surface area is 121 Å². The molecule has 0 saturated heterocycles. The van der Waals surface area contributed by atoms with Crippen molar-refractivity contribution in [3.63, 3.8) is 0 Å². The van der Waals surface area contributed by atoms with E-state index in [2.05, 4.69) is 27.3 Å². The molecule has 0 aliphatic carbocycles. The van der Waals surface area contributed by atoms with Gasteiger partial charge in [0.1, 0.15) is 5.82 Å². The fraction of sp³-hybridized carbons (Fsp3) is 0.500. The molecule has 102 valence electrons. The zero-order valence-electron chi connectivity index (χ0n) is 10.5. The van der Waals surface area contributed by atoms with Crippen LogP contribution in [-0.4, -0.2) is 19.4 Å². The molecule has 0 unspecified atom stereocenters. The fourth-order valence-electron chi connectivity index (χ4n) is 1.82. The Morgan fingerprint density at radius 1 is 1.22 bits per heavy atom. The number of nitrogens with one attached hydrogen (secondary N) is 1. The molecule has 0 heterocycles. The van der Waals surface area contributed by atoms with Crippen LogP contribution >= 0.6 is 22.6 Å². The van der Waals surface area contributed by atoms with Crippen molar-refractivity contribution in [2.75, 3.05) is 11.0 Å². The van der Waals surface area contributed by atoms with Crippen LogP contribution in [0, 0.1) is 19.7 Å². The number of benzene rings is 1. The van der Waals surface area contributed by atoms with E-state index in [1.54, 1.807) is 13.8 Å². The first-order valence-corrected chi connectivity index (χ1v) is 8.71. The second-order valence-electron chi connectivity index (χ2n) is 4.16. The molecule has 0 aromatic heterocycles. The van der Waals surface area contributed by atoms with Gasteiger partial charge in [0.15, 0.2) is 0 Å². The highest BCUT2D eigenvalue weighted by Crippen LogP contribution is 2.21. The van der Waals surface area contributed by atoms with Crippen molar-refractivity contribution in [3.05, 3.63) is 29.1 Å². The van der Waals surface area contributed by atoms with Gasteiger partial charge in [-0.3, -0.25) is 0 Å². The van der Waals surface area contributed by atoms with Gasteiger partial charge < -0.3 is 0 Å². The Morgan fingerprint density at radius 2 is 1.78 bits per heavy atom. The summed E-state index contributed by atoms with van der Waals surface area (Å²) in [5.41, 5.74) is 0.878. The lowest BCUT2D eigenvalue weighted by Crippen LogP contribution is -2.26. The molecule has 1 aromatic rings. The van der Waals surface area contributed by atoms with Crippen LogP contribution in [0.5, 0.6) is 0 Å². The number of aryl methyl sites for hydroxylation is 2. The van der Waals surface area contributed by atoms with Crippen LogP contribution in [0.4, 0.5) is 4.39 Å². The largest absolute Gasteiger partial charge is 0.241 e. The van der Waals surface area contributed by atoms with Crippen molar-refractivity contribution in [3.8, 4) is 0 Å². The third-order valence-corrected chi connectivity index (χ3v) is 5.07. The van der Waals surface area contributed by atoms with E-state index >= 15 is 0 Å². The summed E-state index contributed by atoms with van der Waals surface area (Å²) in [4.78, 5) is 0.193. The molecule has 3 nitrogen and oxygen atoms in total. The third kappa shape index (κ3) is 4.17. The number of alkyl halides is 1. The van der Waals surface area contributed by atoms with Gasteiger partial charge in [0.25, 0.3) is 0 Å². The SMILES string of the molecule is Cc1cc(F)cc(C)c1S(=O)(=O)NCCCCI. The molecule has 0 amide bonds. The van der Waals surface area contributed by atoms with E-state index in [1.165, 1.54) is 12.1 Å². The van der Waals surface area contributed by atoms with Crippen molar-refractivity contribution >= 4 is 32.6 Å². The Balaban J connectivity index is 2.92. The van der Waals surface area contributed by atoms with Gasteiger partial charge in [-0.2, -0.15) is 0 Å². The molecule has 0 atom stereocenters. The summed E-state index contributed by atoms with van der Waals surface area (Å²) < 4.78 is 40.9. The van der Waals surface area contributed by atoms with Gasteiger partial charge in [0.2, 0.25) is 10.0 Å². The van der Waals surface area contributed by atoms with E-state index in [-0.39, 0.29) is 4.90 Å². The number of hydrogen-bond donors (Lipinski definition) is 1. The molecule has 1 rings (SSSR count). The van der Waals surface area contributed by atoms with Crippen LogP contribution in [0.1, 0.15) is 24.0 Å². The summed E-state index contributed by atoms with van der Waals surface area (Å²) >= 11 is 2.25. The van der Waals surface area contributed by atoms with Gasteiger partial charge in [-0.15, -0.1) is 0 Å². The number of sulfonamides is 1. The monoisotopic (exact) mass is 385 g/mol. The number of rotatable bonds is 6. The predicted octanol–water partition coefficient (Wildman–Crippen LogP) is 2.94. The average molecular weight is 385 g/mol. The van der Waals surface area contributed by atoms with Gasteiger partial charge in [-0.1, -0.05) is 22.6 Å². The molecule has 0 spiro atoms. The van der Waals surface area contributed by atoms with E-state index in [0.717, 1.165) is 17.3 Å². The summed E-state index contributed by atoms with van der Waals surface area (Å²) in [6.07, 6.45) is 1.78. The van der Waals surface area contributed by atoms with Gasteiger partial charge in [-0.25, -0.2) is 17.5 Å². The fourth-order valence-corrected chi connectivity index (χ4v) is 3.88. The first kappa shape index (κ1) is 15.8. The van der Waals surface area contributed by atoms with E-state index < -0.39 is 15.8 Å². The lowest BCUT2D eigenvalue weighted by molar-refractivity contribution is 0.576. The van der Waals surface area contributed by atoms with E-state index in [1.807, 2.05) is 0 Å². The van der Waals surface area contributed by atoms with Crippen LogP contribution in [0.15, 0.2) is 17.0 Å². The molecule has 0 radical (unpaired) electrons. The maximum absolute atomic E-state index is 13.1. The summed E-state index contributed by atoms with van der Waals surface area (Å²) in [7, 11) is -3.54. The maximum atomic E-state index is 13.1. The first-order valence-electron chi connectivity index (χ1n) is 5.71. The highest BCUT2D eigenvalue weighted by Gasteiger charge is 2.19. The molecule has 1 N–H and O–H groups in total. The van der Waals surface area contributed by atoms with E-state index in [0.29, 0.717) is 17.7 Å². The van der Waals surface area contributed by atoms with E-state index in [9.17, 15) is 12.8 Å². The summed E-state index contributed by atoms with van der Waals surface area (Å²) in [5.74, 6) is -0.408. The molecular formula is C12H17FINO2S. The van der Waals surface area contributed by atoms with Crippen molar-refractivity contribution in [2.45, 2.75) is 31.6 Å². The highest BCUT2D eigenvalue weighted by atomic mass is 127. The highest BCUT2D eigenvalue weighted by molar-refractivity contribution is 14.1. The minimum Gasteiger partial charge on any atom is -0.211 e. The second kappa shape index (κ2) is 6.81. The van der Waals surface area contributed by atoms with Crippen LogP contribution in [-0.2, 0) is 10.0 Å². The number of halogens is 2. The van der Waals surface area contributed by atoms with Crippen LogP contribution < -0.4 is 4.72 Å². The lowest BCUT2D eigenvalue weighted by Gasteiger charge is -2.12. The van der Waals surface area contributed by atoms with Gasteiger partial charge in [0.05, 0.1) is 4.90 Å². The van der Waals surface area contributed by atoms with Gasteiger partial charge in [0, 0.05) is 6.54 Å². The maximum Gasteiger partial charge on any atom is 0.241 e. The van der Waals surface area contributed by atoms with Crippen molar-refractivity contribution < 1.29 is 12.8 Å². The quantitative estimate of drug-likeness (QED) is 0.465. The van der Waals surface area contributed by atoms with Crippen molar-refractivity contribution in [1.29, 1.82) is 0 Å². The zero-order valence-corrected chi connectivity index (χ0v) is 13.4. The Kier molecular flexibility index (Phi) is 6.00. The molecule has 1 aromatic carbocycles. The Bertz CT molecular complexity index is 494. The van der Waals surface area contributed by atoms with Gasteiger partial charge in [-0.05, 0) is 54.4 Å². The molecule has 18 heavy (non-hydrogen) atoms. The minimum atomic E-state index is -3.54. The molecule has 0 aliphatic rings. The summed E-state index contributed by atoms with van der Waals surface area (Å²) in [5, 5.41) is 0. The molecule has 6 heteroatoms. The average Bonchev–Trinajstić information content (AvgIpc) is 2.22. The van der Waals surface area contributed by atoms with Crippen molar-refractivity contribution in [1.82, 2.24) is 4.72 Å². The van der Waals surface area contributed by atoms with Crippen LogP contribution in [0.2, 0.25) is 0 Å². The second-order valence-corrected chi connectivity index (χ2v) is 6.95. The third-order valence-electron chi connectivity index (χ3n) is 2.55. The number of unbranched alkanes of at least 4 members (excludes halogenated alkanes) is 1. The predicted molar refractivity (Wildman–Crippen MR) is 79.2 cm³/mol. The summed E-state index contributed by atoms with van der Waals surface area (Å²) in [6.45, 7) is 3.63. The Hall–Kier alpha value is -0.210. The molecular weight excluding hydrogens is 368 g/mol. The topological polar surface area (TPSA) is 46.2 Å². The molecule has 0 bridgehead atoms.